The first-order valence-corrected chi connectivity index (χ1v) is 7.14. The van der Waals surface area contributed by atoms with Gasteiger partial charge >= 0.3 is 0 Å². The second kappa shape index (κ2) is 6.17. The third-order valence-electron chi connectivity index (χ3n) is 3.17. The number of halogens is 1. The number of aromatic nitrogens is 2. The molecule has 7 heteroatoms. The number of amides is 1. The summed E-state index contributed by atoms with van der Waals surface area (Å²) in [5.41, 5.74) is 8.67. The van der Waals surface area contributed by atoms with Crippen LogP contribution in [0.15, 0.2) is 22.7 Å². The Hall–Kier alpha value is -2.02. The Labute approximate surface area is 131 Å². The lowest BCUT2D eigenvalue weighted by Gasteiger charge is -2.09. The van der Waals surface area contributed by atoms with E-state index in [-0.39, 0.29) is 12.5 Å². The molecule has 0 fully saturated rings. The average molecular weight is 353 g/mol. The fourth-order valence-electron chi connectivity index (χ4n) is 1.95. The van der Waals surface area contributed by atoms with Gasteiger partial charge in [-0.2, -0.15) is 5.10 Å². The molecule has 0 saturated carbocycles. The minimum absolute atomic E-state index is 0.119. The number of hydrogen-bond acceptors (Lipinski definition) is 4. The zero-order valence-corrected chi connectivity index (χ0v) is 13.7. The van der Waals surface area contributed by atoms with Crippen LogP contribution in [0.25, 0.3) is 0 Å². The summed E-state index contributed by atoms with van der Waals surface area (Å²) in [5, 5.41) is 7.05. The van der Waals surface area contributed by atoms with Crippen LogP contribution in [0.3, 0.4) is 0 Å². The first-order chi connectivity index (χ1) is 9.92. The van der Waals surface area contributed by atoms with E-state index in [1.165, 1.54) is 0 Å². The van der Waals surface area contributed by atoms with E-state index < -0.39 is 0 Å². The second-order valence-electron chi connectivity index (χ2n) is 4.64. The minimum atomic E-state index is -0.169. The van der Waals surface area contributed by atoms with Crippen molar-refractivity contribution in [1.29, 1.82) is 0 Å². The van der Waals surface area contributed by atoms with Crippen LogP contribution >= 0.6 is 15.9 Å². The van der Waals surface area contributed by atoms with E-state index in [0.717, 1.165) is 15.9 Å². The van der Waals surface area contributed by atoms with Gasteiger partial charge in [0, 0.05) is 5.69 Å². The number of carbonyl (C=O) groups is 1. The molecule has 2 aromatic rings. The van der Waals surface area contributed by atoms with Crippen molar-refractivity contribution in [2.45, 2.75) is 20.4 Å². The highest BCUT2D eigenvalue weighted by Crippen LogP contribution is 2.27. The largest absolute Gasteiger partial charge is 0.496 e. The Morgan fingerprint density at radius 3 is 2.71 bits per heavy atom. The molecule has 1 amide bonds. The third-order valence-corrected chi connectivity index (χ3v) is 3.79. The normalized spacial score (nSPS) is 10.5. The fraction of sp³-hybridized carbons (Fsp3) is 0.286. The number of carbonyl (C=O) groups excluding carboxylic acids is 1. The van der Waals surface area contributed by atoms with Crippen LogP contribution < -0.4 is 15.8 Å². The van der Waals surface area contributed by atoms with Crippen LogP contribution in [0.2, 0.25) is 0 Å². The molecule has 0 unspecified atom stereocenters. The SMILES string of the molecule is COc1ccc(NC(=O)Cn2nc(C)c(N)c2C)cc1Br. The van der Waals surface area contributed by atoms with Gasteiger partial charge < -0.3 is 15.8 Å². The lowest BCUT2D eigenvalue weighted by molar-refractivity contribution is -0.116. The maximum atomic E-state index is 12.1. The number of anilines is 2. The number of ether oxygens (including phenoxy) is 1. The number of hydrogen-bond donors (Lipinski definition) is 2. The van der Waals surface area contributed by atoms with Gasteiger partial charge in [0.05, 0.1) is 28.7 Å². The fourth-order valence-corrected chi connectivity index (χ4v) is 2.49. The Balaban J connectivity index is 2.08. The molecule has 0 spiro atoms. The Morgan fingerprint density at radius 1 is 1.48 bits per heavy atom. The molecule has 0 bridgehead atoms. The molecule has 0 radical (unpaired) electrons. The highest BCUT2D eigenvalue weighted by atomic mass is 79.9. The van der Waals surface area contributed by atoms with E-state index in [4.69, 9.17) is 10.5 Å². The lowest BCUT2D eigenvalue weighted by Crippen LogP contribution is -2.20. The van der Waals surface area contributed by atoms with Crippen molar-refractivity contribution in [2.24, 2.45) is 0 Å². The van der Waals surface area contributed by atoms with Crippen LogP contribution in [0, 0.1) is 13.8 Å². The summed E-state index contributed by atoms with van der Waals surface area (Å²) in [6.07, 6.45) is 0. The molecule has 2 rings (SSSR count). The van der Waals surface area contributed by atoms with Gasteiger partial charge in [-0.05, 0) is 48.0 Å². The van der Waals surface area contributed by atoms with Crippen molar-refractivity contribution in [3.8, 4) is 5.75 Å². The van der Waals surface area contributed by atoms with Gasteiger partial charge in [-0.25, -0.2) is 0 Å². The molecule has 0 aliphatic heterocycles. The molecule has 0 aliphatic rings. The Kier molecular flexibility index (Phi) is 4.52. The maximum Gasteiger partial charge on any atom is 0.246 e. The van der Waals surface area contributed by atoms with Crippen LogP contribution in [-0.4, -0.2) is 22.8 Å². The summed E-state index contributed by atoms with van der Waals surface area (Å²) < 4.78 is 7.52. The van der Waals surface area contributed by atoms with E-state index in [2.05, 4.69) is 26.3 Å². The van der Waals surface area contributed by atoms with Crippen LogP contribution in [0.4, 0.5) is 11.4 Å². The number of nitrogen functional groups attached to an aromatic ring is 1. The van der Waals surface area contributed by atoms with Gasteiger partial charge in [0.25, 0.3) is 0 Å². The monoisotopic (exact) mass is 352 g/mol. The molecule has 0 atom stereocenters. The Morgan fingerprint density at radius 2 is 2.19 bits per heavy atom. The Bertz CT molecular complexity index is 682. The van der Waals surface area contributed by atoms with Gasteiger partial charge in [0.15, 0.2) is 0 Å². The smallest absolute Gasteiger partial charge is 0.246 e. The molecule has 21 heavy (non-hydrogen) atoms. The number of aryl methyl sites for hydroxylation is 1. The second-order valence-corrected chi connectivity index (χ2v) is 5.49. The van der Waals surface area contributed by atoms with Gasteiger partial charge in [-0.1, -0.05) is 0 Å². The van der Waals surface area contributed by atoms with Crippen molar-refractivity contribution < 1.29 is 9.53 Å². The molecule has 1 aromatic heterocycles. The van der Waals surface area contributed by atoms with Gasteiger partial charge in [0.2, 0.25) is 5.91 Å². The molecule has 0 aliphatic carbocycles. The summed E-state index contributed by atoms with van der Waals surface area (Å²) in [4.78, 5) is 12.1. The topological polar surface area (TPSA) is 82.2 Å². The van der Waals surface area contributed by atoms with Crippen molar-refractivity contribution >= 4 is 33.2 Å². The van der Waals surface area contributed by atoms with Gasteiger partial charge in [-0.3, -0.25) is 9.48 Å². The summed E-state index contributed by atoms with van der Waals surface area (Å²) in [6.45, 7) is 3.78. The number of rotatable bonds is 4. The molecular weight excluding hydrogens is 336 g/mol. The molecule has 112 valence electrons. The molecule has 6 nitrogen and oxygen atoms in total. The van der Waals surface area contributed by atoms with Gasteiger partial charge in [0.1, 0.15) is 12.3 Å². The summed E-state index contributed by atoms with van der Waals surface area (Å²) >= 11 is 3.38. The molecular formula is C14H17BrN4O2. The van der Waals surface area contributed by atoms with E-state index in [1.807, 2.05) is 13.8 Å². The first kappa shape index (κ1) is 15.4. The highest BCUT2D eigenvalue weighted by molar-refractivity contribution is 9.10. The summed E-state index contributed by atoms with van der Waals surface area (Å²) in [6, 6.07) is 5.34. The average Bonchev–Trinajstić information content (AvgIpc) is 2.66. The zero-order valence-electron chi connectivity index (χ0n) is 12.1. The van der Waals surface area contributed by atoms with Crippen molar-refractivity contribution in [1.82, 2.24) is 9.78 Å². The van der Waals surface area contributed by atoms with E-state index >= 15 is 0 Å². The summed E-state index contributed by atoms with van der Waals surface area (Å²) in [7, 11) is 1.59. The zero-order chi connectivity index (χ0) is 15.6. The van der Waals surface area contributed by atoms with Crippen LogP contribution in [-0.2, 0) is 11.3 Å². The standard InChI is InChI=1S/C14H17BrN4O2/c1-8-14(16)9(2)19(18-8)7-13(20)17-10-4-5-12(21-3)11(15)6-10/h4-6H,7,16H2,1-3H3,(H,17,20). The lowest BCUT2D eigenvalue weighted by atomic mass is 10.3. The van der Waals surface area contributed by atoms with E-state index in [0.29, 0.717) is 17.1 Å². The van der Waals surface area contributed by atoms with Crippen molar-refractivity contribution in [3.05, 3.63) is 34.1 Å². The van der Waals surface area contributed by atoms with Crippen molar-refractivity contribution in [2.75, 3.05) is 18.2 Å². The maximum absolute atomic E-state index is 12.1. The van der Waals surface area contributed by atoms with E-state index in [9.17, 15) is 4.79 Å². The molecule has 1 heterocycles. The summed E-state index contributed by atoms with van der Waals surface area (Å²) in [5.74, 6) is 0.539. The first-order valence-electron chi connectivity index (χ1n) is 6.35. The number of nitrogens with two attached hydrogens (primary N) is 1. The van der Waals surface area contributed by atoms with Gasteiger partial charge in [-0.15, -0.1) is 0 Å². The number of nitrogens with one attached hydrogen (secondary N) is 1. The third kappa shape index (κ3) is 3.36. The van der Waals surface area contributed by atoms with Crippen LogP contribution in [0.5, 0.6) is 5.75 Å². The quantitative estimate of drug-likeness (QED) is 0.885. The number of methoxy groups -OCH3 is 1. The van der Waals surface area contributed by atoms with E-state index in [1.54, 1.807) is 30.0 Å². The number of nitrogens with zero attached hydrogens (tertiary/aromatic N) is 2. The predicted molar refractivity (Wildman–Crippen MR) is 85.4 cm³/mol. The molecule has 0 saturated heterocycles. The molecule has 1 aromatic carbocycles. The molecule has 3 N–H and O–H groups in total. The van der Waals surface area contributed by atoms with Crippen molar-refractivity contribution in [3.63, 3.8) is 0 Å². The van der Waals surface area contributed by atoms with Crippen LogP contribution in [0.1, 0.15) is 11.4 Å². The number of benzene rings is 1. The predicted octanol–water partition coefficient (Wildman–Crippen LogP) is 2.49. The highest BCUT2D eigenvalue weighted by Gasteiger charge is 2.12. The minimum Gasteiger partial charge on any atom is -0.496 e.